The summed E-state index contributed by atoms with van der Waals surface area (Å²) in [7, 11) is 0. The van der Waals surface area contributed by atoms with Gasteiger partial charge in [0, 0.05) is 6.54 Å². The molecular weight excluding hydrogens is 290 g/mol. The number of furan rings is 1. The average molecular weight is 313 g/mol. The van der Waals surface area contributed by atoms with Gasteiger partial charge in [0.15, 0.2) is 0 Å². The van der Waals surface area contributed by atoms with Crippen molar-refractivity contribution in [1.82, 2.24) is 4.90 Å². The lowest BCUT2D eigenvalue weighted by Crippen LogP contribution is -2.41. The number of nitrogens with zero attached hydrogens (tertiary/aromatic N) is 1. The van der Waals surface area contributed by atoms with E-state index in [9.17, 15) is 9.90 Å². The van der Waals surface area contributed by atoms with Crippen LogP contribution in [0, 0.1) is 5.92 Å². The van der Waals surface area contributed by atoms with Gasteiger partial charge in [0.2, 0.25) is 5.91 Å². The van der Waals surface area contributed by atoms with Crippen LogP contribution in [0.25, 0.3) is 0 Å². The topological polar surface area (TPSA) is 53.7 Å². The summed E-state index contributed by atoms with van der Waals surface area (Å²) in [6, 6.07) is 13.1. The van der Waals surface area contributed by atoms with Crippen molar-refractivity contribution in [2.24, 2.45) is 5.92 Å². The zero-order valence-electron chi connectivity index (χ0n) is 13.4. The molecule has 23 heavy (non-hydrogen) atoms. The normalized spacial score (nSPS) is 22.8. The first-order valence-corrected chi connectivity index (χ1v) is 8.21. The summed E-state index contributed by atoms with van der Waals surface area (Å²) in [4.78, 5) is 14.6. The van der Waals surface area contributed by atoms with E-state index in [2.05, 4.69) is 6.92 Å². The highest BCUT2D eigenvalue weighted by molar-refractivity contribution is 5.77. The van der Waals surface area contributed by atoms with E-state index >= 15 is 0 Å². The summed E-state index contributed by atoms with van der Waals surface area (Å²) < 4.78 is 5.53. The molecule has 2 aromatic rings. The van der Waals surface area contributed by atoms with E-state index in [1.807, 2.05) is 47.4 Å². The first kappa shape index (κ1) is 15.8. The Balaban J connectivity index is 1.72. The fourth-order valence-corrected chi connectivity index (χ4v) is 3.27. The van der Waals surface area contributed by atoms with Gasteiger partial charge in [-0.3, -0.25) is 4.79 Å². The molecule has 1 aliphatic heterocycles. The van der Waals surface area contributed by atoms with Crippen LogP contribution in [0.1, 0.15) is 49.7 Å². The number of carbonyl (C=O) groups is 1. The maximum Gasteiger partial charge on any atom is 0.226 e. The minimum Gasteiger partial charge on any atom is -0.467 e. The molecule has 3 atom stereocenters. The van der Waals surface area contributed by atoms with E-state index in [1.165, 1.54) is 0 Å². The van der Waals surface area contributed by atoms with Crippen LogP contribution >= 0.6 is 0 Å². The third-order valence-corrected chi connectivity index (χ3v) is 4.61. The van der Waals surface area contributed by atoms with Crippen molar-refractivity contribution in [3.05, 3.63) is 60.1 Å². The van der Waals surface area contributed by atoms with Crippen LogP contribution in [0.2, 0.25) is 0 Å². The Bertz CT molecular complexity index is 623. The smallest absolute Gasteiger partial charge is 0.226 e. The van der Waals surface area contributed by atoms with Crippen LogP contribution in [0.15, 0.2) is 53.1 Å². The Morgan fingerprint density at radius 3 is 2.78 bits per heavy atom. The highest BCUT2D eigenvalue weighted by Crippen LogP contribution is 2.35. The fraction of sp³-hybridized carbons (Fsp3) is 0.421. The molecule has 4 heteroatoms. The third-order valence-electron chi connectivity index (χ3n) is 4.61. The first-order chi connectivity index (χ1) is 11.1. The van der Waals surface area contributed by atoms with Crippen molar-refractivity contribution in [2.75, 3.05) is 6.54 Å². The molecule has 0 bridgehead atoms. The van der Waals surface area contributed by atoms with E-state index in [4.69, 9.17) is 4.42 Å². The minimum absolute atomic E-state index is 0.0188. The number of likely N-dealkylation sites (tertiary alicyclic amines) is 1. The number of aliphatic hydroxyl groups is 1. The molecule has 4 nitrogen and oxygen atoms in total. The summed E-state index contributed by atoms with van der Waals surface area (Å²) in [5, 5.41) is 10.3. The molecule has 0 spiro atoms. The molecule has 2 heterocycles. The van der Waals surface area contributed by atoms with Gasteiger partial charge in [0.25, 0.3) is 0 Å². The zero-order valence-corrected chi connectivity index (χ0v) is 13.4. The summed E-state index contributed by atoms with van der Waals surface area (Å²) in [6.45, 7) is 2.92. The van der Waals surface area contributed by atoms with Crippen LogP contribution in [-0.2, 0) is 4.79 Å². The van der Waals surface area contributed by atoms with Gasteiger partial charge >= 0.3 is 0 Å². The molecule has 3 rings (SSSR count). The average Bonchev–Trinajstić information content (AvgIpc) is 3.09. The van der Waals surface area contributed by atoms with E-state index < -0.39 is 6.10 Å². The predicted octanol–water partition coefficient (Wildman–Crippen LogP) is 3.70. The second-order valence-corrected chi connectivity index (χ2v) is 6.38. The van der Waals surface area contributed by atoms with E-state index in [0.717, 1.165) is 24.2 Å². The van der Waals surface area contributed by atoms with Gasteiger partial charge < -0.3 is 14.4 Å². The van der Waals surface area contributed by atoms with E-state index in [1.54, 1.807) is 6.26 Å². The molecule has 1 aromatic heterocycles. The third kappa shape index (κ3) is 3.64. The van der Waals surface area contributed by atoms with Gasteiger partial charge in [0.1, 0.15) is 5.76 Å². The maximum absolute atomic E-state index is 12.7. The standard InChI is InChI=1S/C19H23NO3/c1-14-9-10-20(16(12-14)18-8-5-11-23-18)19(22)13-17(21)15-6-3-2-4-7-15/h2-8,11,14,16-17,21H,9-10,12-13H2,1H3. The van der Waals surface area contributed by atoms with Crippen molar-refractivity contribution < 1.29 is 14.3 Å². The largest absolute Gasteiger partial charge is 0.467 e. The van der Waals surface area contributed by atoms with Crippen molar-refractivity contribution in [3.63, 3.8) is 0 Å². The number of hydrogen-bond donors (Lipinski definition) is 1. The van der Waals surface area contributed by atoms with Crippen LogP contribution in [-0.4, -0.2) is 22.5 Å². The maximum atomic E-state index is 12.7. The number of hydrogen-bond acceptors (Lipinski definition) is 3. The van der Waals surface area contributed by atoms with Crippen LogP contribution in [0.5, 0.6) is 0 Å². The van der Waals surface area contributed by atoms with Crippen molar-refractivity contribution in [2.45, 2.75) is 38.3 Å². The molecule has 3 unspecified atom stereocenters. The zero-order chi connectivity index (χ0) is 16.2. The monoisotopic (exact) mass is 313 g/mol. The van der Waals surface area contributed by atoms with Gasteiger partial charge in [-0.2, -0.15) is 0 Å². The lowest BCUT2D eigenvalue weighted by molar-refractivity contribution is -0.138. The Hall–Kier alpha value is -2.07. The molecule has 0 aliphatic carbocycles. The second kappa shape index (κ2) is 7.01. The molecule has 0 radical (unpaired) electrons. The number of aliphatic hydroxyl groups excluding tert-OH is 1. The molecular formula is C19H23NO3. The Morgan fingerprint density at radius 2 is 2.09 bits per heavy atom. The Labute approximate surface area is 136 Å². The van der Waals surface area contributed by atoms with Gasteiger partial charge in [-0.25, -0.2) is 0 Å². The molecule has 1 N–H and O–H groups in total. The van der Waals surface area contributed by atoms with Crippen LogP contribution in [0.4, 0.5) is 0 Å². The number of piperidine rings is 1. The van der Waals surface area contributed by atoms with Crippen molar-refractivity contribution >= 4 is 5.91 Å². The van der Waals surface area contributed by atoms with Gasteiger partial charge in [-0.1, -0.05) is 37.3 Å². The van der Waals surface area contributed by atoms with Gasteiger partial charge in [-0.15, -0.1) is 0 Å². The number of amides is 1. The fourth-order valence-electron chi connectivity index (χ4n) is 3.27. The molecule has 122 valence electrons. The summed E-state index contributed by atoms with van der Waals surface area (Å²) in [5.74, 6) is 1.38. The highest BCUT2D eigenvalue weighted by Gasteiger charge is 2.33. The van der Waals surface area contributed by atoms with E-state index in [0.29, 0.717) is 12.5 Å². The Kier molecular flexibility index (Phi) is 4.82. The molecule has 1 aromatic carbocycles. The number of rotatable bonds is 4. The number of carbonyl (C=O) groups excluding carboxylic acids is 1. The molecule has 1 saturated heterocycles. The van der Waals surface area contributed by atoms with Crippen molar-refractivity contribution in [3.8, 4) is 0 Å². The predicted molar refractivity (Wildman–Crippen MR) is 87.6 cm³/mol. The van der Waals surface area contributed by atoms with Gasteiger partial charge in [-0.05, 0) is 36.5 Å². The Morgan fingerprint density at radius 1 is 1.30 bits per heavy atom. The molecule has 1 amide bonds. The molecule has 1 aliphatic rings. The number of benzene rings is 1. The molecule has 1 fully saturated rings. The lowest BCUT2D eigenvalue weighted by Gasteiger charge is -2.38. The van der Waals surface area contributed by atoms with Crippen molar-refractivity contribution in [1.29, 1.82) is 0 Å². The van der Waals surface area contributed by atoms with Gasteiger partial charge in [0.05, 0.1) is 24.8 Å². The van der Waals surface area contributed by atoms with Crippen LogP contribution in [0.3, 0.4) is 0 Å². The molecule has 0 saturated carbocycles. The highest BCUT2D eigenvalue weighted by atomic mass is 16.3. The summed E-state index contributed by atoms with van der Waals surface area (Å²) in [6.07, 6.45) is 2.89. The lowest BCUT2D eigenvalue weighted by atomic mass is 9.90. The summed E-state index contributed by atoms with van der Waals surface area (Å²) >= 11 is 0. The minimum atomic E-state index is -0.764. The van der Waals surface area contributed by atoms with Crippen LogP contribution < -0.4 is 0 Å². The quantitative estimate of drug-likeness (QED) is 0.936. The van der Waals surface area contributed by atoms with E-state index in [-0.39, 0.29) is 18.4 Å². The first-order valence-electron chi connectivity index (χ1n) is 8.21. The summed E-state index contributed by atoms with van der Waals surface area (Å²) in [5.41, 5.74) is 0.778. The second-order valence-electron chi connectivity index (χ2n) is 6.38. The SMILES string of the molecule is CC1CCN(C(=O)CC(O)c2ccccc2)C(c2ccco2)C1.